The molecule has 1 aromatic carbocycles. The van der Waals surface area contributed by atoms with Crippen molar-refractivity contribution in [3.8, 4) is 0 Å². The molecule has 2 N–H and O–H groups in total. The van der Waals surface area contributed by atoms with E-state index in [0.717, 1.165) is 31.6 Å². The van der Waals surface area contributed by atoms with E-state index >= 15 is 0 Å². The Balaban J connectivity index is 1.94. The Morgan fingerprint density at radius 1 is 1.22 bits per heavy atom. The molecule has 0 bridgehead atoms. The number of carbonyl (C=O) groups excluding carboxylic acids is 1. The highest BCUT2D eigenvalue weighted by Gasteiger charge is 2.24. The first-order valence-corrected chi connectivity index (χ1v) is 6.72. The Kier molecular flexibility index (Phi) is 3.90. The van der Waals surface area contributed by atoms with Gasteiger partial charge in [-0.25, -0.2) is 0 Å². The van der Waals surface area contributed by atoms with Gasteiger partial charge in [-0.1, -0.05) is 26.0 Å². The Morgan fingerprint density at radius 3 is 2.28 bits per heavy atom. The van der Waals surface area contributed by atoms with Crippen molar-refractivity contribution >= 4 is 11.6 Å². The molecule has 1 heterocycles. The van der Waals surface area contributed by atoms with Crippen molar-refractivity contribution < 1.29 is 4.79 Å². The van der Waals surface area contributed by atoms with Gasteiger partial charge in [0.15, 0.2) is 0 Å². The third-order valence-corrected chi connectivity index (χ3v) is 3.71. The third kappa shape index (κ3) is 2.84. The van der Waals surface area contributed by atoms with Gasteiger partial charge in [0.25, 0.3) is 0 Å². The van der Waals surface area contributed by atoms with Crippen LogP contribution in [0.2, 0.25) is 0 Å². The van der Waals surface area contributed by atoms with Gasteiger partial charge in [-0.3, -0.25) is 4.79 Å². The summed E-state index contributed by atoms with van der Waals surface area (Å²) in [5.41, 5.74) is 7.86. The Hall–Kier alpha value is -1.51. The van der Waals surface area contributed by atoms with Crippen molar-refractivity contribution in [2.24, 2.45) is 5.92 Å². The predicted molar refractivity (Wildman–Crippen MR) is 74.2 cm³/mol. The minimum absolute atomic E-state index is 0.109. The van der Waals surface area contributed by atoms with Crippen molar-refractivity contribution in [3.63, 3.8) is 0 Å². The first-order chi connectivity index (χ1) is 8.58. The summed E-state index contributed by atoms with van der Waals surface area (Å²) in [6.07, 6.45) is 2.12. The lowest BCUT2D eigenvalue weighted by molar-refractivity contribution is -0.135. The zero-order valence-corrected chi connectivity index (χ0v) is 11.2. The molecule has 98 valence electrons. The number of hydrogen-bond donors (Lipinski definition) is 1. The van der Waals surface area contributed by atoms with Gasteiger partial charge in [-0.2, -0.15) is 0 Å². The lowest BCUT2D eigenvalue weighted by Crippen LogP contribution is -2.40. The molecular weight excluding hydrogens is 224 g/mol. The van der Waals surface area contributed by atoms with Gasteiger partial charge in [0.2, 0.25) is 5.91 Å². The van der Waals surface area contributed by atoms with Crippen LogP contribution in [-0.2, 0) is 4.79 Å². The fraction of sp³-hybridized carbons (Fsp3) is 0.533. The van der Waals surface area contributed by atoms with Crippen molar-refractivity contribution in [3.05, 3.63) is 29.8 Å². The van der Waals surface area contributed by atoms with Gasteiger partial charge in [0, 0.05) is 24.7 Å². The predicted octanol–water partition coefficient (Wildman–Crippen LogP) is 2.63. The summed E-state index contributed by atoms with van der Waals surface area (Å²) < 4.78 is 0. The lowest BCUT2D eigenvalue weighted by Gasteiger charge is -2.33. The minimum Gasteiger partial charge on any atom is -0.399 e. The van der Waals surface area contributed by atoms with Crippen LogP contribution in [0.15, 0.2) is 24.3 Å². The SMILES string of the molecule is CC(C)C(=O)N1CCC(c2ccc(N)cc2)CC1. The average Bonchev–Trinajstić information content (AvgIpc) is 2.39. The zero-order valence-electron chi connectivity index (χ0n) is 11.2. The highest BCUT2D eigenvalue weighted by atomic mass is 16.2. The molecule has 0 unspecified atom stereocenters. The minimum atomic E-state index is 0.109. The van der Waals surface area contributed by atoms with Crippen LogP contribution in [0.5, 0.6) is 0 Å². The van der Waals surface area contributed by atoms with E-state index in [0.29, 0.717) is 5.92 Å². The molecule has 0 atom stereocenters. The molecule has 0 spiro atoms. The van der Waals surface area contributed by atoms with Crippen LogP contribution in [0.1, 0.15) is 38.2 Å². The van der Waals surface area contributed by atoms with E-state index in [1.165, 1.54) is 5.56 Å². The molecule has 18 heavy (non-hydrogen) atoms. The second-order valence-corrected chi connectivity index (χ2v) is 5.42. The summed E-state index contributed by atoms with van der Waals surface area (Å²) in [5.74, 6) is 0.964. The van der Waals surface area contributed by atoms with Crippen LogP contribution in [0.25, 0.3) is 0 Å². The van der Waals surface area contributed by atoms with Crippen molar-refractivity contribution in [2.45, 2.75) is 32.6 Å². The second kappa shape index (κ2) is 5.42. The number of likely N-dealkylation sites (tertiary alicyclic amines) is 1. The van der Waals surface area contributed by atoms with Gasteiger partial charge in [0.1, 0.15) is 0 Å². The molecule has 0 radical (unpaired) electrons. The molecule has 0 saturated carbocycles. The van der Waals surface area contributed by atoms with Crippen LogP contribution in [0.3, 0.4) is 0 Å². The van der Waals surface area contributed by atoms with Crippen LogP contribution >= 0.6 is 0 Å². The van der Waals surface area contributed by atoms with E-state index in [1.54, 1.807) is 0 Å². The molecule has 1 amide bonds. The molecular formula is C15H22N2O. The van der Waals surface area contributed by atoms with E-state index in [2.05, 4.69) is 12.1 Å². The number of nitrogen functional groups attached to an aromatic ring is 1. The maximum absolute atomic E-state index is 11.9. The van der Waals surface area contributed by atoms with E-state index in [1.807, 2.05) is 30.9 Å². The molecule has 1 aliphatic rings. The highest BCUT2D eigenvalue weighted by molar-refractivity contribution is 5.78. The van der Waals surface area contributed by atoms with Gasteiger partial charge in [-0.15, -0.1) is 0 Å². The molecule has 3 nitrogen and oxygen atoms in total. The maximum atomic E-state index is 11.9. The molecule has 3 heteroatoms. The molecule has 1 aliphatic heterocycles. The molecule has 2 rings (SSSR count). The van der Waals surface area contributed by atoms with Gasteiger partial charge in [0.05, 0.1) is 0 Å². The molecule has 0 aromatic heterocycles. The van der Waals surface area contributed by atoms with E-state index in [-0.39, 0.29) is 11.8 Å². The van der Waals surface area contributed by atoms with Crippen LogP contribution in [0.4, 0.5) is 5.69 Å². The maximum Gasteiger partial charge on any atom is 0.225 e. The fourth-order valence-corrected chi connectivity index (χ4v) is 2.57. The van der Waals surface area contributed by atoms with Crippen LogP contribution < -0.4 is 5.73 Å². The monoisotopic (exact) mass is 246 g/mol. The quantitative estimate of drug-likeness (QED) is 0.815. The topological polar surface area (TPSA) is 46.3 Å². The van der Waals surface area contributed by atoms with Gasteiger partial charge >= 0.3 is 0 Å². The van der Waals surface area contributed by atoms with Crippen LogP contribution in [0, 0.1) is 5.92 Å². The third-order valence-electron chi connectivity index (χ3n) is 3.71. The van der Waals surface area contributed by atoms with Gasteiger partial charge < -0.3 is 10.6 Å². The van der Waals surface area contributed by atoms with E-state index in [9.17, 15) is 4.79 Å². The lowest BCUT2D eigenvalue weighted by atomic mass is 9.89. The number of hydrogen-bond acceptors (Lipinski definition) is 2. The number of amides is 1. The Bertz CT molecular complexity index is 403. The summed E-state index contributed by atoms with van der Waals surface area (Å²) in [5, 5.41) is 0. The number of benzene rings is 1. The number of nitrogens with two attached hydrogens (primary N) is 1. The van der Waals surface area contributed by atoms with Crippen molar-refractivity contribution in [1.29, 1.82) is 0 Å². The number of carbonyl (C=O) groups is 1. The fourth-order valence-electron chi connectivity index (χ4n) is 2.57. The molecule has 1 saturated heterocycles. The molecule has 1 aromatic rings. The van der Waals surface area contributed by atoms with Gasteiger partial charge in [-0.05, 0) is 36.5 Å². The Morgan fingerprint density at radius 2 is 1.78 bits per heavy atom. The number of piperidine rings is 1. The normalized spacial score (nSPS) is 17.2. The summed E-state index contributed by atoms with van der Waals surface area (Å²) >= 11 is 0. The summed E-state index contributed by atoms with van der Waals surface area (Å²) in [6, 6.07) is 8.14. The van der Waals surface area contributed by atoms with Crippen molar-refractivity contribution in [1.82, 2.24) is 4.90 Å². The molecule has 1 fully saturated rings. The smallest absolute Gasteiger partial charge is 0.225 e. The average molecular weight is 246 g/mol. The van der Waals surface area contributed by atoms with E-state index < -0.39 is 0 Å². The zero-order chi connectivity index (χ0) is 13.1. The van der Waals surface area contributed by atoms with Crippen molar-refractivity contribution in [2.75, 3.05) is 18.8 Å². The summed E-state index contributed by atoms with van der Waals surface area (Å²) in [6.45, 7) is 5.70. The largest absolute Gasteiger partial charge is 0.399 e. The summed E-state index contributed by atoms with van der Waals surface area (Å²) in [7, 11) is 0. The standard InChI is InChI=1S/C15H22N2O/c1-11(2)15(18)17-9-7-13(8-10-17)12-3-5-14(16)6-4-12/h3-6,11,13H,7-10,16H2,1-2H3. The second-order valence-electron chi connectivity index (χ2n) is 5.42. The van der Waals surface area contributed by atoms with Crippen LogP contribution in [-0.4, -0.2) is 23.9 Å². The highest BCUT2D eigenvalue weighted by Crippen LogP contribution is 2.28. The summed E-state index contributed by atoms with van der Waals surface area (Å²) in [4.78, 5) is 13.9. The molecule has 0 aliphatic carbocycles. The number of nitrogens with zero attached hydrogens (tertiary/aromatic N) is 1. The first-order valence-electron chi connectivity index (χ1n) is 6.72. The number of rotatable bonds is 2. The first kappa shape index (κ1) is 12.9. The van der Waals surface area contributed by atoms with E-state index in [4.69, 9.17) is 5.73 Å². The number of anilines is 1. The Labute approximate surface area is 109 Å².